The molecule has 1 N–H and O–H groups in total. The number of hydrogen-bond donors (Lipinski definition) is 1. The average molecular weight is 303 g/mol. The summed E-state index contributed by atoms with van der Waals surface area (Å²) < 4.78 is 16.0. The van der Waals surface area contributed by atoms with E-state index in [9.17, 15) is 5.11 Å². The molecular formula is C17H21NO4. The van der Waals surface area contributed by atoms with Crippen molar-refractivity contribution in [2.45, 2.75) is 26.1 Å². The Labute approximate surface area is 130 Å². The summed E-state index contributed by atoms with van der Waals surface area (Å²) in [6, 6.07) is 8.83. The van der Waals surface area contributed by atoms with Crippen LogP contribution in [-0.4, -0.2) is 30.4 Å². The van der Waals surface area contributed by atoms with E-state index in [1.54, 1.807) is 50.7 Å². The van der Waals surface area contributed by atoms with Crippen LogP contribution in [-0.2, 0) is 0 Å². The van der Waals surface area contributed by atoms with Gasteiger partial charge in [-0.25, -0.2) is 0 Å². The molecule has 22 heavy (non-hydrogen) atoms. The third-order valence-electron chi connectivity index (χ3n) is 3.13. The Kier molecular flexibility index (Phi) is 5.22. The van der Waals surface area contributed by atoms with E-state index in [0.29, 0.717) is 28.5 Å². The van der Waals surface area contributed by atoms with Crippen molar-refractivity contribution >= 4 is 0 Å². The van der Waals surface area contributed by atoms with Crippen LogP contribution in [0.5, 0.6) is 17.2 Å². The number of aromatic nitrogens is 1. The molecule has 118 valence electrons. The molecule has 1 aromatic heterocycles. The molecule has 2 aromatic rings. The number of nitrogens with zero attached hydrogens (tertiary/aromatic N) is 1. The van der Waals surface area contributed by atoms with Crippen LogP contribution in [0, 0.1) is 0 Å². The van der Waals surface area contributed by atoms with Gasteiger partial charge in [0.25, 0.3) is 0 Å². The Balaban J connectivity index is 2.22. The van der Waals surface area contributed by atoms with E-state index < -0.39 is 6.10 Å². The van der Waals surface area contributed by atoms with Gasteiger partial charge in [0.1, 0.15) is 11.9 Å². The molecule has 0 bridgehead atoms. The van der Waals surface area contributed by atoms with Crippen molar-refractivity contribution in [1.29, 1.82) is 0 Å². The zero-order valence-corrected chi connectivity index (χ0v) is 13.2. The summed E-state index contributed by atoms with van der Waals surface area (Å²) >= 11 is 0. The molecule has 0 amide bonds. The molecule has 1 unspecified atom stereocenters. The van der Waals surface area contributed by atoms with E-state index in [0.717, 1.165) is 0 Å². The molecule has 5 heteroatoms. The van der Waals surface area contributed by atoms with Crippen molar-refractivity contribution in [3.63, 3.8) is 0 Å². The highest BCUT2D eigenvalue weighted by Gasteiger charge is 2.15. The zero-order valence-electron chi connectivity index (χ0n) is 13.2. The van der Waals surface area contributed by atoms with Crippen LogP contribution in [0.25, 0.3) is 0 Å². The van der Waals surface area contributed by atoms with E-state index in [4.69, 9.17) is 14.2 Å². The van der Waals surface area contributed by atoms with Gasteiger partial charge in [0.2, 0.25) is 0 Å². The van der Waals surface area contributed by atoms with Crippen LogP contribution in [0.2, 0.25) is 0 Å². The lowest BCUT2D eigenvalue weighted by molar-refractivity contribution is 0.213. The van der Waals surface area contributed by atoms with Crippen LogP contribution >= 0.6 is 0 Å². The second-order valence-electron chi connectivity index (χ2n) is 5.10. The predicted molar refractivity (Wildman–Crippen MR) is 83.6 cm³/mol. The minimum absolute atomic E-state index is 0.0865. The molecule has 1 heterocycles. The molecule has 0 aliphatic carbocycles. The zero-order chi connectivity index (χ0) is 16.1. The molecule has 1 aromatic carbocycles. The van der Waals surface area contributed by atoms with Crippen molar-refractivity contribution in [2.24, 2.45) is 0 Å². The minimum Gasteiger partial charge on any atom is -0.493 e. The van der Waals surface area contributed by atoms with E-state index in [-0.39, 0.29) is 6.10 Å². The molecule has 2 rings (SSSR count). The van der Waals surface area contributed by atoms with Gasteiger partial charge < -0.3 is 19.3 Å². The van der Waals surface area contributed by atoms with Crippen molar-refractivity contribution < 1.29 is 19.3 Å². The first-order chi connectivity index (χ1) is 10.5. The first kappa shape index (κ1) is 16.1. The van der Waals surface area contributed by atoms with Crippen LogP contribution in [0.15, 0.2) is 36.5 Å². The smallest absolute Gasteiger partial charge is 0.161 e. The molecule has 0 aliphatic rings. The number of aliphatic hydroxyl groups excluding tert-OH is 1. The normalized spacial score (nSPS) is 12.1. The van der Waals surface area contributed by atoms with Gasteiger partial charge >= 0.3 is 0 Å². The van der Waals surface area contributed by atoms with Gasteiger partial charge in [0.05, 0.1) is 32.2 Å². The van der Waals surface area contributed by atoms with Gasteiger partial charge in [-0.2, -0.15) is 0 Å². The highest BCUT2D eigenvalue weighted by Crippen LogP contribution is 2.31. The summed E-state index contributed by atoms with van der Waals surface area (Å²) in [5, 5.41) is 10.4. The molecule has 0 saturated heterocycles. The summed E-state index contributed by atoms with van der Waals surface area (Å²) in [6.07, 6.45) is 0.857. The number of rotatable bonds is 6. The third-order valence-corrected chi connectivity index (χ3v) is 3.13. The first-order valence-electron chi connectivity index (χ1n) is 7.07. The molecule has 0 spiro atoms. The summed E-state index contributed by atoms with van der Waals surface area (Å²) in [4.78, 5) is 4.26. The lowest BCUT2D eigenvalue weighted by Crippen LogP contribution is -2.07. The Morgan fingerprint density at radius 3 is 2.27 bits per heavy atom. The van der Waals surface area contributed by atoms with Crippen LogP contribution in [0.4, 0.5) is 0 Å². The molecule has 5 nitrogen and oxygen atoms in total. The van der Waals surface area contributed by atoms with Crippen LogP contribution < -0.4 is 14.2 Å². The summed E-state index contributed by atoms with van der Waals surface area (Å²) in [6.45, 7) is 3.90. The topological polar surface area (TPSA) is 60.8 Å². The molecule has 0 radical (unpaired) electrons. The quantitative estimate of drug-likeness (QED) is 0.889. The van der Waals surface area contributed by atoms with Crippen LogP contribution in [0.1, 0.15) is 31.2 Å². The summed E-state index contributed by atoms with van der Waals surface area (Å²) in [5.74, 6) is 1.86. The number of aliphatic hydroxyl groups is 1. The maximum Gasteiger partial charge on any atom is 0.161 e. The molecule has 0 aliphatic heterocycles. The number of methoxy groups -OCH3 is 2. The molecule has 1 atom stereocenters. The summed E-state index contributed by atoms with van der Waals surface area (Å²) in [5.41, 5.74) is 1.23. The maximum absolute atomic E-state index is 10.4. The van der Waals surface area contributed by atoms with Crippen molar-refractivity contribution in [3.8, 4) is 17.2 Å². The summed E-state index contributed by atoms with van der Waals surface area (Å²) in [7, 11) is 3.13. The number of ether oxygens (including phenoxy) is 3. The predicted octanol–water partition coefficient (Wildman–Crippen LogP) is 2.97. The van der Waals surface area contributed by atoms with Gasteiger partial charge in [-0.15, -0.1) is 0 Å². The second-order valence-corrected chi connectivity index (χ2v) is 5.10. The van der Waals surface area contributed by atoms with Gasteiger partial charge in [-0.3, -0.25) is 4.98 Å². The van der Waals surface area contributed by atoms with E-state index in [1.807, 2.05) is 13.8 Å². The monoisotopic (exact) mass is 303 g/mol. The fourth-order valence-electron chi connectivity index (χ4n) is 2.09. The first-order valence-corrected chi connectivity index (χ1v) is 7.07. The lowest BCUT2D eigenvalue weighted by Gasteiger charge is -2.15. The highest BCUT2D eigenvalue weighted by molar-refractivity contribution is 5.44. The van der Waals surface area contributed by atoms with Crippen molar-refractivity contribution in [2.75, 3.05) is 14.2 Å². The fraction of sp³-hybridized carbons (Fsp3) is 0.353. The lowest BCUT2D eigenvalue weighted by atomic mass is 10.1. The Morgan fingerprint density at radius 1 is 1.00 bits per heavy atom. The number of pyridine rings is 1. The standard InChI is InChI=1S/C17H21NO4/c1-11(2)22-13-6-7-14(18-10-13)17(19)12-5-8-15(20-3)16(9-12)21-4/h5-11,17,19H,1-4H3. The fourth-order valence-corrected chi connectivity index (χ4v) is 2.09. The Morgan fingerprint density at radius 2 is 1.73 bits per heavy atom. The molecule has 0 saturated carbocycles. The Hall–Kier alpha value is -2.27. The van der Waals surface area contributed by atoms with Gasteiger partial charge in [-0.1, -0.05) is 6.07 Å². The Bertz CT molecular complexity index is 611. The van der Waals surface area contributed by atoms with E-state index in [2.05, 4.69) is 4.98 Å². The van der Waals surface area contributed by atoms with Gasteiger partial charge in [0.15, 0.2) is 11.5 Å². The SMILES string of the molecule is COc1ccc(C(O)c2ccc(OC(C)C)cn2)cc1OC. The number of benzene rings is 1. The number of hydrogen-bond acceptors (Lipinski definition) is 5. The second kappa shape index (κ2) is 7.13. The van der Waals surface area contributed by atoms with Crippen molar-refractivity contribution in [3.05, 3.63) is 47.8 Å². The van der Waals surface area contributed by atoms with E-state index >= 15 is 0 Å². The highest BCUT2D eigenvalue weighted by atomic mass is 16.5. The maximum atomic E-state index is 10.4. The van der Waals surface area contributed by atoms with E-state index in [1.165, 1.54) is 0 Å². The minimum atomic E-state index is -0.840. The van der Waals surface area contributed by atoms with Gasteiger partial charge in [0, 0.05) is 0 Å². The van der Waals surface area contributed by atoms with Crippen molar-refractivity contribution in [1.82, 2.24) is 4.98 Å². The molecular weight excluding hydrogens is 282 g/mol. The third kappa shape index (κ3) is 3.68. The average Bonchev–Trinajstić information content (AvgIpc) is 2.53. The van der Waals surface area contributed by atoms with Gasteiger partial charge in [-0.05, 0) is 43.7 Å². The van der Waals surface area contributed by atoms with Crippen LogP contribution in [0.3, 0.4) is 0 Å². The largest absolute Gasteiger partial charge is 0.493 e. The molecule has 0 fully saturated rings.